The van der Waals surface area contributed by atoms with Crippen molar-refractivity contribution >= 4 is 83.2 Å². The Hall–Kier alpha value is -0.560. The summed E-state index contributed by atoms with van der Waals surface area (Å²) in [5.41, 5.74) is -0.781. The summed E-state index contributed by atoms with van der Waals surface area (Å²) in [6.07, 6.45) is -4.58. The third kappa shape index (κ3) is 5.20. The number of nitrogens with one attached hydrogen (secondary N) is 1. The number of thioether (sulfide) groups is 1. The van der Waals surface area contributed by atoms with E-state index in [1.54, 1.807) is 18.2 Å². The Morgan fingerprint density at radius 1 is 1.21 bits per heavy atom. The second-order valence-corrected chi connectivity index (χ2v) is 11.4. The summed E-state index contributed by atoms with van der Waals surface area (Å²) in [5.74, 6) is 0.192. The molecule has 156 valence electrons. The highest BCUT2D eigenvalue weighted by Crippen LogP contribution is 2.42. The molecule has 1 N–H and O–H groups in total. The maximum atomic E-state index is 13.1. The van der Waals surface area contributed by atoms with Crippen molar-refractivity contribution in [2.24, 2.45) is 0 Å². The molecule has 2 aromatic heterocycles. The van der Waals surface area contributed by atoms with Crippen LogP contribution in [-0.4, -0.2) is 25.7 Å². The lowest BCUT2D eigenvalue weighted by molar-refractivity contribution is -0.141. The molecule has 4 nitrogen and oxygen atoms in total. The number of hydrogen-bond acceptors (Lipinski definition) is 5. The summed E-state index contributed by atoms with van der Waals surface area (Å²) in [4.78, 5) is 3.86. The molecule has 0 aliphatic rings. The summed E-state index contributed by atoms with van der Waals surface area (Å²) in [7, 11) is -3.94. The minimum atomic E-state index is -4.58. The Kier molecular flexibility index (Phi) is 7.09. The number of rotatable bonds is 6. The van der Waals surface area contributed by atoms with Gasteiger partial charge in [0.25, 0.3) is 0 Å². The second-order valence-electron chi connectivity index (χ2n) is 5.56. The van der Waals surface area contributed by atoms with Crippen molar-refractivity contribution in [1.82, 2.24) is 9.71 Å². The summed E-state index contributed by atoms with van der Waals surface area (Å²) in [6, 6.07) is 7.43. The number of aromatic nitrogens is 1. The predicted octanol–water partition coefficient (Wildman–Crippen LogP) is 6.46. The van der Waals surface area contributed by atoms with Crippen LogP contribution in [0.15, 0.2) is 44.6 Å². The Morgan fingerprint density at radius 2 is 1.90 bits per heavy atom. The van der Waals surface area contributed by atoms with Crippen LogP contribution in [0.2, 0.25) is 8.67 Å². The maximum absolute atomic E-state index is 13.1. The number of benzene rings is 1. The lowest BCUT2D eigenvalue weighted by Crippen LogP contribution is -2.26. The molecule has 13 heteroatoms. The summed E-state index contributed by atoms with van der Waals surface area (Å²) >= 11 is 16.9. The Balaban J connectivity index is 1.76. The molecule has 0 saturated carbocycles. The number of hydrogen-bond donors (Lipinski definition) is 1. The van der Waals surface area contributed by atoms with Gasteiger partial charge in [-0.05, 0) is 28.1 Å². The smallest absolute Gasteiger partial charge is 0.243 e. The van der Waals surface area contributed by atoms with E-state index in [1.165, 1.54) is 6.07 Å². The van der Waals surface area contributed by atoms with E-state index in [0.717, 1.165) is 29.2 Å². The molecule has 0 unspecified atom stereocenters. The molecule has 0 bridgehead atoms. The van der Waals surface area contributed by atoms with Crippen LogP contribution in [0.3, 0.4) is 0 Å². The molecule has 0 aliphatic heterocycles. The molecular formula is C16H10BrCl2F3N2O2S3. The zero-order valence-corrected chi connectivity index (χ0v) is 19.6. The van der Waals surface area contributed by atoms with Crippen LogP contribution >= 0.6 is 62.2 Å². The van der Waals surface area contributed by atoms with Crippen LogP contribution in [0.4, 0.5) is 13.2 Å². The third-order valence-electron chi connectivity index (χ3n) is 3.62. The first-order valence-electron chi connectivity index (χ1n) is 7.73. The summed E-state index contributed by atoms with van der Waals surface area (Å²) in [6.45, 7) is -0.0266. The lowest BCUT2D eigenvalue weighted by atomic mass is 10.2. The van der Waals surface area contributed by atoms with Gasteiger partial charge in [-0.1, -0.05) is 41.4 Å². The molecule has 0 aliphatic carbocycles. The Bertz CT molecular complexity index is 1170. The largest absolute Gasteiger partial charge is 0.433 e. The maximum Gasteiger partial charge on any atom is 0.433 e. The molecule has 0 fully saturated rings. The minimum Gasteiger partial charge on any atom is -0.243 e. The van der Waals surface area contributed by atoms with Crippen molar-refractivity contribution in [1.29, 1.82) is 0 Å². The van der Waals surface area contributed by atoms with Crippen molar-refractivity contribution in [2.75, 3.05) is 12.3 Å². The van der Waals surface area contributed by atoms with Crippen molar-refractivity contribution in [2.45, 2.75) is 16.0 Å². The van der Waals surface area contributed by atoms with Crippen molar-refractivity contribution in [3.8, 4) is 0 Å². The molecule has 3 rings (SSSR count). The molecule has 0 atom stereocenters. The number of fused-ring (bicyclic) bond motifs is 1. The van der Waals surface area contributed by atoms with E-state index < -0.39 is 21.9 Å². The number of para-hydroxylation sites is 1. The van der Waals surface area contributed by atoms with Gasteiger partial charge in [0.2, 0.25) is 10.0 Å². The van der Waals surface area contributed by atoms with E-state index >= 15 is 0 Å². The summed E-state index contributed by atoms with van der Waals surface area (Å²) < 4.78 is 67.0. The normalized spacial score (nSPS) is 12.6. The standard InChI is InChI=1S/C16H10BrCl2F3N2O2S3/c17-12-13(15(19)28-14(12)18)29(25,26)23-5-6-27-10-7-11(16(20,21)22)24-9-4-2-1-3-8(9)10/h1-4,7,23H,5-6H2. The quantitative estimate of drug-likeness (QED) is 0.275. The van der Waals surface area contributed by atoms with Gasteiger partial charge < -0.3 is 0 Å². The highest BCUT2D eigenvalue weighted by Gasteiger charge is 2.33. The second kappa shape index (κ2) is 8.89. The van der Waals surface area contributed by atoms with Crippen LogP contribution in [0.5, 0.6) is 0 Å². The van der Waals surface area contributed by atoms with Gasteiger partial charge in [0.15, 0.2) is 0 Å². The van der Waals surface area contributed by atoms with E-state index in [-0.39, 0.29) is 35.9 Å². The number of sulfonamides is 1. The van der Waals surface area contributed by atoms with E-state index in [2.05, 4.69) is 25.6 Å². The fraction of sp³-hybridized carbons (Fsp3) is 0.188. The number of halogens is 6. The van der Waals surface area contributed by atoms with Gasteiger partial charge in [0.1, 0.15) is 19.3 Å². The average Bonchev–Trinajstić information content (AvgIpc) is 2.90. The van der Waals surface area contributed by atoms with Gasteiger partial charge in [-0.25, -0.2) is 18.1 Å². The first-order valence-corrected chi connectivity index (χ1v) is 12.6. The van der Waals surface area contributed by atoms with Gasteiger partial charge in [0, 0.05) is 22.6 Å². The number of pyridine rings is 1. The molecular weight excluding hydrogens is 556 g/mol. The molecule has 0 amide bonds. The minimum absolute atomic E-state index is 0.0111. The summed E-state index contributed by atoms with van der Waals surface area (Å²) in [5, 5.41) is 0.559. The highest BCUT2D eigenvalue weighted by atomic mass is 79.9. The van der Waals surface area contributed by atoms with Gasteiger partial charge in [0.05, 0.1) is 9.99 Å². The topological polar surface area (TPSA) is 59.1 Å². The number of nitrogens with zero attached hydrogens (tertiary/aromatic N) is 1. The molecule has 0 radical (unpaired) electrons. The molecule has 3 aromatic rings. The van der Waals surface area contributed by atoms with E-state index in [9.17, 15) is 21.6 Å². The fourth-order valence-electron chi connectivity index (χ4n) is 2.39. The van der Waals surface area contributed by atoms with Crippen LogP contribution in [0, 0.1) is 0 Å². The monoisotopic (exact) mass is 564 g/mol. The van der Waals surface area contributed by atoms with Crippen LogP contribution in [0.25, 0.3) is 10.9 Å². The van der Waals surface area contributed by atoms with Gasteiger partial charge in [-0.15, -0.1) is 23.1 Å². The number of thiophene rings is 1. The molecule has 29 heavy (non-hydrogen) atoms. The third-order valence-corrected chi connectivity index (χ3v) is 9.60. The lowest BCUT2D eigenvalue weighted by Gasteiger charge is -2.12. The van der Waals surface area contributed by atoms with Gasteiger partial charge in [-0.2, -0.15) is 13.2 Å². The van der Waals surface area contributed by atoms with E-state index in [4.69, 9.17) is 23.2 Å². The zero-order chi connectivity index (χ0) is 21.4. The van der Waals surface area contributed by atoms with Crippen molar-refractivity contribution in [3.05, 3.63) is 49.2 Å². The SMILES string of the molecule is O=S(=O)(NCCSc1cc(C(F)(F)F)nc2ccccc12)c1c(Cl)sc(Cl)c1Br. The Morgan fingerprint density at radius 3 is 2.52 bits per heavy atom. The van der Waals surface area contributed by atoms with Crippen LogP contribution < -0.4 is 4.72 Å². The highest BCUT2D eigenvalue weighted by molar-refractivity contribution is 9.10. The predicted molar refractivity (Wildman–Crippen MR) is 115 cm³/mol. The molecule has 0 saturated heterocycles. The molecule has 2 heterocycles. The van der Waals surface area contributed by atoms with Crippen molar-refractivity contribution in [3.63, 3.8) is 0 Å². The average molecular weight is 566 g/mol. The first-order chi connectivity index (χ1) is 13.5. The molecule has 1 aromatic carbocycles. The van der Waals surface area contributed by atoms with E-state index in [1.807, 2.05) is 0 Å². The van der Waals surface area contributed by atoms with E-state index in [0.29, 0.717) is 10.3 Å². The Labute approximate surface area is 191 Å². The van der Waals surface area contributed by atoms with Gasteiger partial charge >= 0.3 is 6.18 Å². The molecule has 0 spiro atoms. The van der Waals surface area contributed by atoms with Crippen LogP contribution in [-0.2, 0) is 16.2 Å². The van der Waals surface area contributed by atoms with Crippen LogP contribution in [0.1, 0.15) is 5.69 Å². The van der Waals surface area contributed by atoms with Gasteiger partial charge in [-0.3, -0.25) is 0 Å². The number of alkyl halides is 3. The first kappa shape index (κ1) is 23.1. The zero-order valence-electron chi connectivity index (χ0n) is 14.1. The fourth-order valence-corrected chi connectivity index (χ4v) is 8.05. The van der Waals surface area contributed by atoms with Crippen molar-refractivity contribution < 1.29 is 21.6 Å².